The van der Waals surface area contributed by atoms with E-state index in [4.69, 9.17) is 29.4 Å². The molecule has 2 rings (SSSR count). The molecule has 8 heteroatoms. The number of nitrogens with two attached hydrogens (primary N) is 1. The summed E-state index contributed by atoms with van der Waals surface area (Å²) >= 11 is 0. The minimum atomic E-state index is -1.92. The summed E-state index contributed by atoms with van der Waals surface area (Å²) in [4.78, 5) is 26.1. The van der Waals surface area contributed by atoms with Crippen molar-refractivity contribution in [2.75, 3.05) is 26.9 Å². The summed E-state index contributed by atoms with van der Waals surface area (Å²) in [5.41, 5.74) is 5.82. The van der Waals surface area contributed by atoms with Gasteiger partial charge in [-0.25, -0.2) is 9.59 Å². The zero-order valence-electron chi connectivity index (χ0n) is 25.2. The van der Waals surface area contributed by atoms with Gasteiger partial charge in [-0.15, -0.1) is 0 Å². The van der Waals surface area contributed by atoms with Crippen LogP contribution in [0.3, 0.4) is 0 Å². The fraction of sp³-hybridized carbons (Fsp3) is 0.562. The van der Waals surface area contributed by atoms with Gasteiger partial charge in [0.2, 0.25) is 5.54 Å². The van der Waals surface area contributed by atoms with E-state index in [-0.39, 0.29) is 24.9 Å². The third kappa shape index (κ3) is 10.5. The Balaban J connectivity index is 2.31. The molecule has 2 atom stereocenters. The largest absolute Gasteiger partial charge is 0.490 e. The Morgan fingerprint density at radius 3 is 2.20 bits per heavy atom. The van der Waals surface area contributed by atoms with Crippen LogP contribution in [-0.4, -0.2) is 50.0 Å². The van der Waals surface area contributed by atoms with Gasteiger partial charge in [0, 0.05) is 20.1 Å². The van der Waals surface area contributed by atoms with Crippen LogP contribution in [0.1, 0.15) is 65.5 Å². The van der Waals surface area contributed by atoms with Crippen LogP contribution < -0.4 is 15.2 Å². The number of hydrogen-bond donors (Lipinski definition) is 1. The van der Waals surface area contributed by atoms with Gasteiger partial charge in [0.25, 0.3) is 0 Å². The van der Waals surface area contributed by atoms with Crippen molar-refractivity contribution in [1.82, 2.24) is 0 Å². The molecule has 222 valence electrons. The molecule has 0 saturated heterocycles. The standard InChI is InChI=1S/C32H47NO7/c1-8-37-29(34)32(33,30(35)40-31(4,5)6)21-26(23(2)3)19-25-15-16-27(28(20-25)38-18-12-17-36-7)39-22-24-13-10-9-11-14-24/h9-11,13-16,20,23,26H,8,12,17-19,21-22,33H2,1-7H3/t26-,32-/m0/s1. The number of esters is 2. The van der Waals surface area contributed by atoms with E-state index in [0.717, 1.165) is 17.5 Å². The lowest BCUT2D eigenvalue weighted by Crippen LogP contribution is -2.59. The Bertz CT molecular complexity index is 1060. The second kappa shape index (κ2) is 15.6. The van der Waals surface area contributed by atoms with E-state index in [1.165, 1.54) is 0 Å². The minimum absolute atomic E-state index is 0.0781. The lowest BCUT2D eigenvalue weighted by atomic mass is 9.78. The van der Waals surface area contributed by atoms with E-state index >= 15 is 0 Å². The number of rotatable bonds is 16. The third-order valence-corrected chi connectivity index (χ3v) is 6.42. The second-order valence-corrected chi connectivity index (χ2v) is 11.4. The Kier molecular flexibility index (Phi) is 12.9. The van der Waals surface area contributed by atoms with Crippen molar-refractivity contribution >= 4 is 11.9 Å². The van der Waals surface area contributed by atoms with Gasteiger partial charge in [0.15, 0.2) is 11.5 Å². The van der Waals surface area contributed by atoms with Gasteiger partial charge in [-0.2, -0.15) is 0 Å². The predicted octanol–water partition coefficient (Wildman–Crippen LogP) is 5.49. The van der Waals surface area contributed by atoms with Crippen molar-refractivity contribution in [3.05, 3.63) is 59.7 Å². The fourth-order valence-corrected chi connectivity index (χ4v) is 4.17. The maximum absolute atomic E-state index is 13.2. The molecule has 0 unspecified atom stereocenters. The highest BCUT2D eigenvalue weighted by molar-refractivity contribution is 6.04. The van der Waals surface area contributed by atoms with Crippen molar-refractivity contribution in [2.45, 2.75) is 78.6 Å². The first-order valence-corrected chi connectivity index (χ1v) is 14.0. The second-order valence-electron chi connectivity index (χ2n) is 11.4. The third-order valence-electron chi connectivity index (χ3n) is 6.42. The number of benzene rings is 2. The number of methoxy groups -OCH3 is 1. The van der Waals surface area contributed by atoms with Gasteiger partial charge in [-0.05, 0) is 75.6 Å². The highest BCUT2D eigenvalue weighted by atomic mass is 16.6. The molecule has 2 aromatic carbocycles. The zero-order valence-corrected chi connectivity index (χ0v) is 25.2. The predicted molar refractivity (Wildman–Crippen MR) is 155 cm³/mol. The van der Waals surface area contributed by atoms with Crippen molar-refractivity contribution in [3.8, 4) is 11.5 Å². The van der Waals surface area contributed by atoms with Crippen molar-refractivity contribution in [3.63, 3.8) is 0 Å². The van der Waals surface area contributed by atoms with E-state index in [1.54, 1.807) is 34.8 Å². The summed E-state index contributed by atoms with van der Waals surface area (Å²) in [7, 11) is 1.66. The molecule has 0 aromatic heterocycles. The molecule has 0 saturated carbocycles. The summed E-state index contributed by atoms with van der Waals surface area (Å²) < 4.78 is 28.1. The molecule has 0 aliphatic carbocycles. The monoisotopic (exact) mass is 557 g/mol. The van der Waals surface area contributed by atoms with Crippen molar-refractivity contribution in [1.29, 1.82) is 0 Å². The Morgan fingerprint density at radius 2 is 1.60 bits per heavy atom. The molecule has 0 heterocycles. The SMILES string of the molecule is CCOC(=O)[C@@](N)(C[C@H](Cc1ccc(OCc2ccccc2)c(OCCCOC)c1)C(C)C)C(=O)OC(C)(C)C. The average Bonchev–Trinajstić information content (AvgIpc) is 2.89. The molecule has 2 N–H and O–H groups in total. The minimum Gasteiger partial charge on any atom is -0.490 e. The van der Waals surface area contributed by atoms with E-state index in [1.807, 2.05) is 62.4 Å². The van der Waals surface area contributed by atoms with Gasteiger partial charge < -0.3 is 29.4 Å². The molecular formula is C32H47NO7. The van der Waals surface area contributed by atoms with Gasteiger partial charge in [-0.1, -0.05) is 50.2 Å². The summed E-state index contributed by atoms with van der Waals surface area (Å²) in [6.07, 6.45) is 1.37. The van der Waals surface area contributed by atoms with Crippen LogP contribution in [0.25, 0.3) is 0 Å². The van der Waals surface area contributed by atoms with Crippen LogP contribution in [0.4, 0.5) is 0 Å². The maximum Gasteiger partial charge on any atom is 0.338 e. The number of ether oxygens (including phenoxy) is 5. The molecule has 40 heavy (non-hydrogen) atoms. The molecule has 0 radical (unpaired) electrons. The summed E-state index contributed by atoms with van der Waals surface area (Å²) in [6, 6.07) is 15.8. The van der Waals surface area contributed by atoms with Gasteiger partial charge in [0.05, 0.1) is 13.2 Å². The molecule has 0 spiro atoms. The molecule has 2 aromatic rings. The van der Waals surface area contributed by atoms with E-state index < -0.39 is 23.1 Å². The fourth-order valence-electron chi connectivity index (χ4n) is 4.17. The molecule has 0 bridgehead atoms. The van der Waals surface area contributed by atoms with Gasteiger partial charge >= 0.3 is 11.9 Å². The summed E-state index contributed by atoms with van der Waals surface area (Å²) in [6.45, 7) is 12.6. The zero-order chi connectivity index (χ0) is 29.8. The van der Waals surface area contributed by atoms with Crippen LogP contribution in [0.5, 0.6) is 11.5 Å². The average molecular weight is 558 g/mol. The van der Waals surface area contributed by atoms with Gasteiger partial charge in [-0.3, -0.25) is 0 Å². The first-order chi connectivity index (χ1) is 18.9. The highest BCUT2D eigenvalue weighted by Gasteiger charge is 2.48. The maximum atomic E-state index is 13.2. The van der Waals surface area contributed by atoms with Crippen LogP contribution in [0.15, 0.2) is 48.5 Å². The number of carbonyl (C=O) groups is 2. The molecule has 0 aliphatic rings. The molecule has 0 amide bonds. The first kappa shape index (κ1) is 33.1. The summed E-state index contributed by atoms with van der Waals surface area (Å²) in [5, 5.41) is 0. The molecule has 8 nitrogen and oxygen atoms in total. The Hall–Kier alpha value is -3.10. The van der Waals surface area contributed by atoms with Crippen LogP contribution >= 0.6 is 0 Å². The van der Waals surface area contributed by atoms with Crippen molar-refractivity contribution in [2.24, 2.45) is 17.6 Å². The van der Waals surface area contributed by atoms with Gasteiger partial charge in [0.1, 0.15) is 12.2 Å². The smallest absolute Gasteiger partial charge is 0.338 e. The molecule has 0 fully saturated rings. The number of hydrogen-bond acceptors (Lipinski definition) is 8. The molecular weight excluding hydrogens is 510 g/mol. The quantitative estimate of drug-likeness (QED) is 0.164. The van der Waals surface area contributed by atoms with Crippen LogP contribution in [-0.2, 0) is 36.8 Å². The van der Waals surface area contributed by atoms with E-state index in [0.29, 0.717) is 37.7 Å². The van der Waals surface area contributed by atoms with Crippen LogP contribution in [0.2, 0.25) is 0 Å². The Morgan fingerprint density at radius 1 is 0.900 bits per heavy atom. The van der Waals surface area contributed by atoms with E-state index in [2.05, 4.69) is 0 Å². The lowest BCUT2D eigenvalue weighted by molar-refractivity contribution is -0.172. The normalized spacial score (nSPS) is 13.8. The lowest BCUT2D eigenvalue weighted by Gasteiger charge is -2.33. The summed E-state index contributed by atoms with van der Waals surface area (Å²) in [5.74, 6) is -0.306. The van der Waals surface area contributed by atoms with Crippen LogP contribution in [0, 0.1) is 11.8 Å². The first-order valence-electron chi connectivity index (χ1n) is 14.0. The Labute approximate surface area is 239 Å². The topological polar surface area (TPSA) is 106 Å². The van der Waals surface area contributed by atoms with E-state index in [9.17, 15) is 9.59 Å². The highest BCUT2D eigenvalue weighted by Crippen LogP contribution is 2.34. The number of carbonyl (C=O) groups excluding carboxylic acids is 2. The van der Waals surface area contributed by atoms with Crippen molar-refractivity contribution < 1.29 is 33.3 Å². The molecule has 0 aliphatic heterocycles.